The van der Waals surface area contributed by atoms with Gasteiger partial charge in [0.25, 0.3) is 0 Å². The van der Waals surface area contributed by atoms with Crippen molar-refractivity contribution in [1.82, 2.24) is 0 Å². The second kappa shape index (κ2) is 8.72. The van der Waals surface area contributed by atoms with Gasteiger partial charge in [0.05, 0.1) is 24.7 Å². The zero-order chi connectivity index (χ0) is 21.1. The minimum Gasteiger partial charge on any atom is -0.496 e. The molecule has 1 fully saturated rings. The number of aliphatic carboxylic acids is 1. The van der Waals surface area contributed by atoms with Crippen molar-refractivity contribution in [1.29, 1.82) is 0 Å². The van der Waals surface area contributed by atoms with E-state index < -0.39 is 24.3 Å². The molecule has 1 N–H and O–H groups in total. The molecular formula is C20H27BO6S. The van der Waals surface area contributed by atoms with Crippen LogP contribution in [0.1, 0.15) is 45.7 Å². The Hall–Kier alpha value is -1.77. The summed E-state index contributed by atoms with van der Waals surface area (Å²) in [5.41, 5.74) is 1.20. The zero-order valence-electron chi connectivity index (χ0n) is 17.2. The van der Waals surface area contributed by atoms with E-state index in [-0.39, 0.29) is 11.5 Å². The Kier molecular flexibility index (Phi) is 7.01. The van der Waals surface area contributed by atoms with E-state index in [4.69, 9.17) is 19.2 Å². The van der Waals surface area contributed by atoms with Gasteiger partial charge in [-0.05, 0) is 50.9 Å². The van der Waals surface area contributed by atoms with Crippen molar-refractivity contribution in [2.24, 2.45) is 0 Å². The highest BCUT2D eigenvalue weighted by Crippen LogP contribution is 2.39. The molecule has 1 aromatic carbocycles. The predicted molar refractivity (Wildman–Crippen MR) is 112 cm³/mol. The van der Waals surface area contributed by atoms with Gasteiger partial charge in [0.15, 0.2) is 5.12 Å². The van der Waals surface area contributed by atoms with Crippen molar-refractivity contribution in [2.75, 3.05) is 12.9 Å². The fourth-order valence-corrected chi connectivity index (χ4v) is 3.35. The molecule has 1 heterocycles. The Labute approximate surface area is 170 Å². The lowest BCUT2D eigenvalue weighted by Gasteiger charge is -2.32. The van der Waals surface area contributed by atoms with Crippen molar-refractivity contribution < 1.29 is 28.7 Å². The van der Waals surface area contributed by atoms with E-state index in [1.54, 1.807) is 12.1 Å². The summed E-state index contributed by atoms with van der Waals surface area (Å²) in [4.78, 5) is 22.6. The van der Waals surface area contributed by atoms with Crippen LogP contribution < -0.4 is 4.74 Å². The van der Waals surface area contributed by atoms with E-state index in [2.05, 4.69) is 0 Å². The maximum absolute atomic E-state index is 11.5. The van der Waals surface area contributed by atoms with Crippen molar-refractivity contribution in [3.8, 4) is 5.75 Å². The first-order valence-corrected chi connectivity index (χ1v) is 10.0. The summed E-state index contributed by atoms with van der Waals surface area (Å²) in [7, 11) is 0.928. The predicted octanol–water partition coefficient (Wildman–Crippen LogP) is 3.62. The van der Waals surface area contributed by atoms with Gasteiger partial charge in [-0.25, -0.2) is 0 Å². The van der Waals surface area contributed by atoms with Crippen molar-refractivity contribution >= 4 is 36.0 Å². The zero-order valence-corrected chi connectivity index (χ0v) is 18.0. The fourth-order valence-electron chi connectivity index (χ4n) is 2.76. The van der Waals surface area contributed by atoms with Gasteiger partial charge in [0.1, 0.15) is 5.75 Å². The lowest BCUT2D eigenvalue weighted by atomic mass is 9.78. The number of ether oxygens (including phenoxy) is 1. The molecule has 0 amide bonds. The average molecular weight is 406 g/mol. The van der Waals surface area contributed by atoms with E-state index >= 15 is 0 Å². The van der Waals surface area contributed by atoms with E-state index in [1.165, 1.54) is 25.8 Å². The Bertz CT molecular complexity index is 771. The summed E-state index contributed by atoms with van der Waals surface area (Å²) in [5, 5.41) is 9.14. The normalized spacial score (nSPS) is 18.2. The number of methoxy groups -OCH3 is 1. The van der Waals surface area contributed by atoms with E-state index in [9.17, 15) is 9.59 Å². The Balaban J connectivity index is 2.39. The van der Waals surface area contributed by atoms with Crippen LogP contribution in [0.5, 0.6) is 5.75 Å². The molecule has 152 valence electrons. The monoisotopic (exact) mass is 406 g/mol. The number of carbonyl (C=O) groups is 2. The minimum absolute atomic E-state index is 0.00344. The summed E-state index contributed by atoms with van der Waals surface area (Å²) >= 11 is 1.18. The molecule has 0 aliphatic carbocycles. The van der Waals surface area contributed by atoms with E-state index in [0.717, 1.165) is 11.0 Å². The van der Waals surface area contributed by atoms with Gasteiger partial charge in [0, 0.05) is 18.2 Å². The highest BCUT2D eigenvalue weighted by Gasteiger charge is 2.52. The average Bonchev–Trinajstić information content (AvgIpc) is 2.78. The standard InChI is InChI=1S/C20H27BO6S/c1-13(22)28-12-16(21-26-19(2,3)20(4,5)27-21)10-14-7-8-17(25-6)15(9-14)11-18(23)24/h7-10H,11-12H2,1-6H3,(H,23,24). The van der Waals surface area contributed by atoms with Gasteiger partial charge in [-0.1, -0.05) is 23.9 Å². The molecule has 0 bridgehead atoms. The highest BCUT2D eigenvalue weighted by atomic mass is 32.2. The van der Waals surface area contributed by atoms with Crippen LogP contribution in [-0.4, -0.2) is 47.4 Å². The first-order chi connectivity index (χ1) is 12.9. The number of benzene rings is 1. The molecule has 0 atom stereocenters. The van der Waals surface area contributed by atoms with Crippen LogP contribution in [-0.2, 0) is 25.3 Å². The molecule has 6 nitrogen and oxygen atoms in total. The first-order valence-electron chi connectivity index (χ1n) is 9.03. The third kappa shape index (κ3) is 5.40. The van der Waals surface area contributed by atoms with Gasteiger partial charge in [-0.15, -0.1) is 0 Å². The van der Waals surface area contributed by atoms with Crippen LogP contribution in [0.4, 0.5) is 0 Å². The second-order valence-electron chi connectivity index (χ2n) is 7.73. The van der Waals surface area contributed by atoms with Gasteiger partial charge < -0.3 is 19.2 Å². The molecule has 8 heteroatoms. The Morgan fingerprint density at radius 2 is 1.82 bits per heavy atom. The number of carboxylic acids is 1. The topological polar surface area (TPSA) is 82.1 Å². The lowest BCUT2D eigenvalue weighted by Crippen LogP contribution is -2.41. The number of carboxylic acid groups (broad SMARTS) is 1. The molecule has 0 radical (unpaired) electrons. The van der Waals surface area contributed by atoms with Crippen molar-refractivity contribution in [3.05, 3.63) is 34.8 Å². The van der Waals surface area contributed by atoms with Crippen LogP contribution in [0.2, 0.25) is 0 Å². The Morgan fingerprint density at radius 3 is 2.32 bits per heavy atom. The summed E-state index contributed by atoms with van der Waals surface area (Å²) in [6.07, 6.45) is 1.75. The largest absolute Gasteiger partial charge is 0.496 e. The molecule has 1 aliphatic rings. The molecule has 0 spiro atoms. The fraction of sp³-hybridized carbons (Fsp3) is 0.500. The van der Waals surface area contributed by atoms with Gasteiger partial charge >= 0.3 is 13.1 Å². The van der Waals surface area contributed by atoms with Crippen LogP contribution in [0.15, 0.2) is 23.7 Å². The van der Waals surface area contributed by atoms with Crippen LogP contribution in [0.25, 0.3) is 6.08 Å². The van der Waals surface area contributed by atoms with E-state index in [1.807, 2.05) is 39.8 Å². The quantitative estimate of drug-likeness (QED) is 0.693. The first kappa shape index (κ1) is 22.5. The van der Waals surface area contributed by atoms with Crippen LogP contribution in [0.3, 0.4) is 0 Å². The van der Waals surface area contributed by atoms with Crippen molar-refractivity contribution in [3.63, 3.8) is 0 Å². The highest BCUT2D eigenvalue weighted by molar-refractivity contribution is 8.13. The molecule has 1 aliphatic heterocycles. The number of rotatable bonds is 7. The van der Waals surface area contributed by atoms with E-state index in [0.29, 0.717) is 17.1 Å². The number of thioether (sulfide) groups is 1. The van der Waals surface area contributed by atoms with Gasteiger partial charge in [-0.3, -0.25) is 9.59 Å². The summed E-state index contributed by atoms with van der Waals surface area (Å²) in [6, 6.07) is 5.36. The van der Waals surface area contributed by atoms with Gasteiger partial charge in [0.2, 0.25) is 0 Å². The molecule has 28 heavy (non-hydrogen) atoms. The van der Waals surface area contributed by atoms with Crippen molar-refractivity contribution in [2.45, 2.75) is 52.2 Å². The molecule has 2 rings (SSSR count). The summed E-state index contributed by atoms with van der Waals surface area (Å²) < 4.78 is 17.5. The second-order valence-corrected chi connectivity index (χ2v) is 8.88. The number of hydrogen-bond donors (Lipinski definition) is 1. The third-order valence-corrected chi connectivity index (χ3v) is 5.88. The lowest BCUT2D eigenvalue weighted by molar-refractivity contribution is -0.136. The molecular weight excluding hydrogens is 379 g/mol. The molecule has 1 aromatic rings. The SMILES string of the molecule is COc1ccc(C=C(CSC(C)=O)B2OC(C)(C)C(C)(C)O2)cc1CC(=O)O. The molecule has 1 saturated heterocycles. The van der Waals surface area contributed by atoms with Gasteiger partial charge in [-0.2, -0.15) is 0 Å². The summed E-state index contributed by atoms with van der Waals surface area (Å²) in [5.74, 6) is 0.0134. The minimum atomic E-state index is -0.933. The molecule has 0 aromatic heterocycles. The number of hydrogen-bond acceptors (Lipinski definition) is 6. The maximum Gasteiger partial charge on any atom is 0.491 e. The smallest absolute Gasteiger partial charge is 0.491 e. The number of carbonyl (C=O) groups excluding carboxylic acids is 1. The molecule has 0 unspecified atom stereocenters. The molecule has 0 saturated carbocycles. The third-order valence-electron chi connectivity index (χ3n) is 5.00. The summed E-state index contributed by atoms with van der Waals surface area (Å²) in [6.45, 7) is 9.41. The Morgan fingerprint density at radius 1 is 1.21 bits per heavy atom. The van der Waals surface area contributed by atoms with Crippen LogP contribution in [0, 0.1) is 0 Å². The van der Waals surface area contributed by atoms with Crippen LogP contribution >= 0.6 is 11.8 Å². The maximum atomic E-state index is 11.5.